The second-order valence-corrected chi connectivity index (χ2v) is 9.26. The van der Waals surface area contributed by atoms with Gasteiger partial charge in [0.2, 0.25) is 0 Å². The number of benzene rings is 2. The van der Waals surface area contributed by atoms with Gasteiger partial charge in [0.05, 0.1) is 11.7 Å². The SMILES string of the molecule is C[C@]12C[C@@H]3c4ccc(OC(=O)c5ccccc5)cc4CC[C@@H]3C[C@@H]1CC[C@@H]2O. The molecule has 0 aliphatic heterocycles. The van der Waals surface area contributed by atoms with Crippen LogP contribution in [-0.2, 0) is 6.42 Å². The van der Waals surface area contributed by atoms with Gasteiger partial charge in [-0.05, 0) is 97.1 Å². The molecule has 2 saturated carbocycles. The van der Waals surface area contributed by atoms with Crippen LogP contribution in [0, 0.1) is 17.3 Å². The molecule has 3 aliphatic rings. The quantitative estimate of drug-likeness (QED) is 0.584. The molecule has 0 amide bonds. The lowest BCUT2D eigenvalue weighted by Gasteiger charge is -2.49. The Balaban J connectivity index is 1.39. The Morgan fingerprint density at radius 3 is 2.75 bits per heavy atom. The molecule has 3 aliphatic carbocycles. The zero-order valence-corrected chi connectivity index (χ0v) is 16.4. The van der Waals surface area contributed by atoms with Crippen molar-refractivity contribution < 1.29 is 14.6 Å². The van der Waals surface area contributed by atoms with Gasteiger partial charge in [-0.2, -0.15) is 0 Å². The van der Waals surface area contributed by atoms with Gasteiger partial charge in [-0.3, -0.25) is 0 Å². The number of hydrogen-bond acceptors (Lipinski definition) is 3. The largest absolute Gasteiger partial charge is 0.423 e. The maximum absolute atomic E-state index is 12.4. The van der Waals surface area contributed by atoms with Crippen LogP contribution in [-0.4, -0.2) is 17.2 Å². The Labute approximate surface area is 166 Å². The summed E-state index contributed by atoms with van der Waals surface area (Å²) in [6.45, 7) is 2.30. The maximum Gasteiger partial charge on any atom is 0.343 e. The molecule has 3 nitrogen and oxygen atoms in total. The fourth-order valence-electron chi connectivity index (χ4n) is 6.14. The summed E-state index contributed by atoms with van der Waals surface area (Å²) in [7, 11) is 0. The van der Waals surface area contributed by atoms with Crippen molar-refractivity contribution in [3.63, 3.8) is 0 Å². The van der Waals surface area contributed by atoms with Crippen LogP contribution in [0.4, 0.5) is 0 Å². The highest BCUT2D eigenvalue weighted by molar-refractivity contribution is 5.91. The highest BCUT2D eigenvalue weighted by atomic mass is 16.5. The highest BCUT2D eigenvalue weighted by Crippen LogP contribution is 2.60. The van der Waals surface area contributed by atoms with Gasteiger partial charge >= 0.3 is 5.97 Å². The van der Waals surface area contributed by atoms with Gasteiger partial charge in [-0.15, -0.1) is 0 Å². The van der Waals surface area contributed by atoms with Crippen molar-refractivity contribution in [2.24, 2.45) is 17.3 Å². The zero-order valence-electron chi connectivity index (χ0n) is 16.4. The molecular formula is C25H28O3. The first-order valence-electron chi connectivity index (χ1n) is 10.6. The summed E-state index contributed by atoms with van der Waals surface area (Å²) in [6.07, 6.45) is 6.58. The number of rotatable bonds is 2. The van der Waals surface area contributed by atoms with Gasteiger partial charge in [-0.25, -0.2) is 4.79 Å². The number of carbonyl (C=O) groups excluding carboxylic acids is 1. The first-order chi connectivity index (χ1) is 13.5. The van der Waals surface area contributed by atoms with Gasteiger partial charge in [0.1, 0.15) is 5.75 Å². The number of esters is 1. The summed E-state index contributed by atoms with van der Waals surface area (Å²) in [4.78, 5) is 12.4. The van der Waals surface area contributed by atoms with Crippen LogP contribution in [0.15, 0.2) is 48.5 Å². The summed E-state index contributed by atoms with van der Waals surface area (Å²) in [5, 5.41) is 10.6. The number of aryl methyl sites for hydroxylation is 1. The van der Waals surface area contributed by atoms with E-state index < -0.39 is 0 Å². The first-order valence-corrected chi connectivity index (χ1v) is 10.6. The van der Waals surface area contributed by atoms with Crippen LogP contribution in [0.3, 0.4) is 0 Å². The summed E-state index contributed by atoms with van der Waals surface area (Å²) in [5.41, 5.74) is 3.36. The molecule has 0 radical (unpaired) electrons. The van der Waals surface area contributed by atoms with Gasteiger partial charge in [-0.1, -0.05) is 31.2 Å². The molecule has 0 aromatic heterocycles. The van der Waals surface area contributed by atoms with Crippen molar-refractivity contribution in [3.8, 4) is 5.75 Å². The van der Waals surface area contributed by atoms with Crippen molar-refractivity contribution in [2.45, 2.75) is 57.5 Å². The first kappa shape index (κ1) is 17.9. The number of aliphatic hydroxyl groups excluding tert-OH is 1. The average Bonchev–Trinajstić information content (AvgIpc) is 3.00. The molecule has 1 N–H and O–H groups in total. The third kappa shape index (κ3) is 2.88. The van der Waals surface area contributed by atoms with Crippen molar-refractivity contribution in [3.05, 3.63) is 65.2 Å². The van der Waals surface area contributed by atoms with E-state index in [1.54, 1.807) is 12.1 Å². The Hall–Kier alpha value is -2.13. The molecule has 5 rings (SSSR count). The molecule has 0 heterocycles. The summed E-state index contributed by atoms with van der Waals surface area (Å²) in [6, 6.07) is 15.3. The normalized spacial score (nSPS) is 33.5. The van der Waals surface area contributed by atoms with E-state index in [2.05, 4.69) is 19.1 Å². The maximum atomic E-state index is 12.4. The molecular weight excluding hydrogens is 348 g/mol. The number of carbonyl (C=O) groups is 1. The van der Waals surface area contributed by atoms with Gasteiger partial charge < -0.3 is 9.84 Å². The van der Waals surface area contributed by atoms with Crippen LogP contribution in [0.25, 0.3) is 0 Å². The standard InChI is InChI=1S/C25H28O3/c1-25-15-22-17(13-19(25)9-12-23(25)26)7-8-18-14-20(10-11-21(18)22)28-24(27)16-5-3-2-4-6-16/h2-6,10-11,14,17,19,22-23,26H,7-9,12-13,15H2,1H3/t17-,19+,22+,23+,25+/m1/s1. The van der Waals surface area contributed by atoms with Crippen LogP contribution in [0.5, 0.6) is 5.75 Å². The molecule has 0 bridgehead atoms. The molecule has 146 valence electrons. The van der Waals surface area contributed by atoms with E-state index in [-0.39, 0.29) is 17.5 Å². The summed E-state index contributed by atoms with van der Waals surface area (Å²) < 4.78 is 5.63. The monoisotopic (exact) mass is 376 g/mol. The molecule has 2 aromatic carbocycles. The molecule has 0 unspecified atom stereocenters. The molecule has 28 heavy (non-hydrogen) atoms. The van der Waals surface area contributed by atoms with Crippen molar-refractivity contribution in [1.29, 1.82) is 0 Å². The fourth-order valence-corrected chi connectivity index (χ4v) is 6.14. The van der Waals surface area contributed by atoms with E-state index in [0.717, 1.165) is 25.2 Å². The molecule has 2 fully saturated rings. The minimum atomic E-state index is -0.309. The van der Waals surface area contributed by atoms with E-state index >= 15 is 0 Å². The topological polar surface area (TPSA) is 46.5 Å². The lowest BCUT2D eigenvalue weighted by Crippen LogP contribution is -2.42. The van der Waals surface area contributed by atoms with Crippen molar-refractivity contribution in [1.82, 2.24) is 0 Å². The van der Waals surface area contributed by atoms with Crippen LogP contribution < -0.4 is 4.74 Å². The van der Waals surface area contributed by atoms with Crippen molar-refractivity contribution in [2.75, 3.05) is 0 Å². The van der Waals surface area contributed by atoms with E-state index in [0.29, 0.717) is 23.1 Å². The number of ether oxygens (including phenoxy) is 1. The number of hydrogen-bond donors (Lipinski definition) is 1. The van der Waals surface area contributed by atoms with E-state index in [9.17, 15) is 9.90 Å². The minimum absolute atomic E-state index is 0.0637. The zero-order chi connectivity index (χ0) is 19.3. The van der Waals surface area contributed by atoms with Gasteiger partial charge in [0, 0.05) is 0 Å². The Morgan fingerprint density at radius 1 is 1.11 bits per heavy atom. The van der Waals surface area contributed by atoms with Gasteiger partial charge in [0.25, 0.3) is 0 Å². The lowest BCUT2D eigenvalue weighted by atomic mass is 9.56. The molecule has 0 saturated heterocycles. The number of fused-ring (bicyclic) bond motifs is 4. The van der Waals surface area contributed by atoms with E-state index in [4.69, 9.17) is 4.74 Å². The third-order valence-electron chi connectivity index (χ3n) is 7.82. The van der Waals surface area contributed by atoms with Crippen molar-refractivity contribution >= 4 is 5.97 Å². The third-order valence-corrected chi connectivity index (χ3v) is 7.82. The van der Waals surface area contributed by atoms with E-state index in [1.807, 2.05) is 24.3 Å². The highest BCUT2D eigenvalue weighted by Gasteiger charge is 2.52. The van der Waals surface area contributed by atoms with Gasteiger partial charge in [0.15, 0.2) is 0 Å². The average molecular weight is 376 g/mol. The molecule has 2 aromatic rings. The second-order valence-electron chi connectivity index (χ2n) is 9.26. The second kappa shape index (κ2) is 6.73. The Kier molecular flexibility index (Phi) is 4.31. The molecule has 0 spiro atoms. The van der Waals surface area contributed by atoms with Crippen LogP contribution >= 0.6 is 0 Å². The molecule has 5 atom stereocenters. The fraction of sp³-hybridized carbons (Fsp3) is 0.480. The van der Waals surface area contributed by atoms with E-state index in [1.165, 1.54) is 30.4 Å². The predicted octanol–water partition coefficient (Wildman–Crippen LogP) is 5.12. The summed E-state index contributed by atoms with van der Waals surface area (Å²) >= 11 is 0. The number of aliphatic hydroxyl groups is 1. The molecule has 3 heteroatoms. The minimum Gasteiger partial charge on any atom is -0.423 e. The predicted molar refractivity (Wildman–Crippen MR) is 108 cm³/mol. The Morgan fingerprint density at radius 2 is 1.93 bits per heavy atom. The smallest absolute Gasteiger partial charge is 0.343 e. The Bertz CT molecular complexity index is 890. The van der Waals surface area contributed by atoms with Crippen LogP contribution in [0.1, 0.15) is 66.4 Å². The lowest BCUT2D eigenvalue weighted by molar-refractivity contribution is -0.0132. The van der Waals surface area contributed by atoms with Crippen LogP contribution in [0.2, 0.25) is 0 Å². The summed E-state index contributed by atoms with van der Waals surface area (Å²) in [5.74, 6) is 2.25.